The summed E-state index contributed by atoms with van der Waals surface area (Å²) in [5.41, 5.74) is 2.00. The Labute approximate surface area is 157 Å². The zero-order valence-electron chi connectivity index (χ0n) is 14.4. The molecule has 1 atom stereocenters. The number of carbonyl (C=O) groups is 1. The largest absolute Gasteiger partial charge is 0.479 e. The third kappa shape index (κ3) is 3.22. The number of nitrogens with one attached hydrogen (secondary N) is 1. The van der Waals surface area contributed by atoms with E-state index < -0.39 is 11.5 Å². The van der Waals surface area contributed by atoms with Gasteiger partial charge >= 0.3 is 5.97 Å². The molecule has 1 saturated heterocycles. The minimum Gasteiger partial charge on any atom is -0.479 e. The number of aromatic nitrogens is 1. The zero-order chi connectivity index (χ0) is 18.1. The molecule has 7 heteroatoms. The van der Waals surface area contributed by atoms with E-state index in [-0.39, 0.29) is 0 Å². The molecule has 0 bridgehead atoms. The molecule has 2 aromatic rings. The van der Waals surface area contributed by atoms with E-state index in [1.165, 1.54) is 0 Å². The van der Waals surface area contributed by atoms with Crippen molar-refractivity contribution < 1.29 is 9.90 Å². The van der Waals surface area contributed by atoms with E-state index >= 15 is 0 Å². The van der Waals surface area contributed by atoms with Crippen molar-refractivity contribution in [1.29, 1.82) is 0 Å². The van der Waals surface area contributed by atoms with Gasteiger partial charge in [0.15, 0.2) is 5.54 Å². The molecule has 2 aliphatic rings. The lowest BCUT2D eigenvalue weighted by Gasteiger charge is -2.39. The van der Waals surface area contributed by atoms with E-state index in [4.69, 9.17) is 11.6 Å². The highest BCUT2D eigenvalue weighted by Gasteiger charge is 2.45. The van der Waals surface area contributed by atoms with Crippen LogP contribution in [0.3, 0.4) is 0 Å². The second-order valence-corrected chi connectivity index (χ2v) is 7.40. The van der Waals surface area contributed by atoms with Crippen LogP contribution >= 0.6 is 11.6 Å². The number of carboxylic acids is 1. The molecule has 0 amide bonds. The quantitative estimate of drug-likeness (QED) is 0.858. The Morgan fingerprint density at radius 1 is 1.19 bits per heavy atom. The van der Waals surface area contributed by atoms with Gasteiger partial charge in [-0.2, -0.15) is 0 Å². The summed E-state index contributed by atoms with van der Waals surface area (Å²) in [5, 5.41) is 13.8. The van der Waals surface area contributed by atoms with Crippen LogP contribution in [-0.2, 0) is 11.2 Å². The number of aliphatic carboxylic acids is 1. The van der Waals surface area contributed by atoms with Crippen LogP contribution in [0.1, 0.15) is 5.56 Å². The molecule has 1 fully saturated rings. The predicted octanol–water partition coefficient (Wildman–Crippen LogP) is 2.35. The smallest absolute Gasteiger partial charge is 0.331 e. The molecule has 4 rings (SSSR count). The molecule has 26 heavy (non-hydrogen) atoms. The highest BCUT2D eigenvalue weighted by Crippen LogP contribution is 2.35. The number of piperazine rings is 1. The average Bonchev–Trinajstić information content (AvgIpc) is 3.02. The van der Waals surface area contributed by atoms with Gasteiger partial charge in [-0.25, -0.2) is 4.79 Å². The van der Waals surface area contributed by atoms with E-state index in [1.807, 2.05) is 24.3 Å². The van der Waals surface area contributed by atoms with E-state index in [2.05, 4.69) is 20.1 Å². The molecule has 3 heterocycles. The lowest BCUT2D eigenvalue weighted by atomic mass is 9.94. The summed E-state index contributed by atoms with van der Waals surface area (Å²) in [6.07, 6.45) is 4.04. The lowest BCUT2D eigenvalue weighted by molar-refractivity contribution is -0.142. The van der Waals surface area contributed by atoms with Crippen LogP contribution in [0.2, 0.25) is 5.02 Å². The molecule has 2 N–H and O–H groups in total. The van der Waals surface area contributed by atoms with Crippen LogP contribution < -0.4 is 10.2 Å². The first kappa shape index (κ1) is 17.1. The minimum atomic E-state index is -0.994. The Hall–Kier alpha value is -2.31. The summed E-state index contributed by atoms with van der Waals surface area (Å²) in [5.74, 6) is -0.818. The van der Waals surface area contributed by atoms with Crippen LogP contribution in [-0.4, -0.2) is 59.2 Å². The van der Waals surface area contributed by atoms with Gasteiger partial charge in [-0.15, -0.1) is 0 Å². The molecule has 136 valence electrons. The summed E-state index contributed by atoms with van der Waals surface area (Å²) in [6, 6.07) is 9.53. The average molecular weight is 373 g/mol. The molecular weight excluding hydrogens is 352 g/mol. The monoisotopic (exact) mass is 372 g/mol. The van der Waals surface area contributed by atoms with Gasteiger partial charge in [-0.3, -0.25) is 9.88 Å². The molecular formula is C19H21ClN4O2. The number of benzene rings is 1. The van der Waals surface area contributed by atoms with Crippen molar-refractivity contribution in [2.75, 3.05) is 42.9 Å². The molecule has 0 aliphatic carbocycles. The first-order valence-electron chi connectivity index (χ1n) is 8.73. The normalized spacial score (nSPS) is 22.7. The molecule has 0 saturated carbocycles. The van der Waals surface area contributed by atoms with Crippen LogP contribution in [0.25, 0.3) is 0 Å². The van der Waals surface area contributed by atoms with Gasteiger partial charge in [0.05, 0.1) is 0 Å². The number of hydrogen-bond donors (Lipinski definition) is 2. The number of nitrogens with zero attached hydrogens (tertiary/aromatic N) is 3. The van der Waals surface area contributed by atoms with Crippen molar-refractivity contribution in [3.63, 3.8) is 0 Å². The van der Waals surface area contributed by atoms with Crippen LogP contribution in [0.4, 0.5) is 11.4 Å². The Kier molecular flexibility index (Phi) is 4.46. The SMILES string of the molecule is O=C(O)C1(CN2CCN(c3ccncc3)CC2)Cc2cc(Cl)ccc2N1. The maximum atomic E-state index is 12.1. The van der Waals surface area contributed by atoms with Gasteiger partial charge in [0.2, 0.25) is 0 Å². The van der Waals surface area contributed by atoms with Crippen molar-refractivity contribution in [3.8, 4) is 0 Å². The molecule has 0 radical (unpaired) electrons. The fraction of sp³-hybridized carbons (Fsp3) is 0.368. The summed E-state index contributed by atoms with van der Waals surface area (Å²) in [6.45, 7) is 3.88. The maximum absolute atomic E-state index is 12.1. The minimum absolute atomic E-state index is 0.447. The Morgan fingerprint density at radius 3 is 2.62 bits per heavy atom. The fourth-order valence-electron chi connectivity index (χ4n) is 3.85. The molecule has 0 spiro atoms. The Balaban J connectivity index is 1.44. The van der Waals surface area contributed by atoms with Gasteiger partial charge in [-0.1, -0.05) is 11.6 Å². The number of rotatable bonds is 4. The van der Waals surface area contributed by atoms with Gasteiger partial charge < -0.3 is 15.3 Å². The summed E-state index contributed by atoms with van der Waals surface area (Å²) in [7, 11) is 0. The first-order chi connectivity index (χ1) is 12.6. The molecule has 2 aliphatic heterocycles. The predicted molar refractivity (Wildman–Crippen MR) is 102 cm³/mol. The maximum Gasteiger partial charge on any atom is 0.331 e. The topological polar surface area (TPSA) is 68.7 Å². The third-order valence-electron chi connectivity index (χ3n) is 5.24. The summed E-state index contributed by atoms with van der Waals surface area (Å²) in [4.78, 5) is 20.7. The van der Waals surface area contributed by atoms with E-state index in [1.54, 1.807) is 18.5 Å². The molecule has 1 aromatic carbocycles. The number of anilines is 2. The zero-order valence-corrected chi connectivity index (χ0v) is 15.1. The van der Waals surface area contributed by atoms with E-state index in [0.29, 0.717) is 18.0 Å². The van der Waals surface area contributed by atoms with Crippen molar-refractivity contribution in [1.82, 2.24) is 9.88 Å². The second kappa shape index (κ2) is 6.78. The molecule has 6 nitrogen and oxygen atoms in total. The fourth-order valence-corrected chi connectivity index (χ4v) is 4.05. The highest BCUT2D eigenvalue weighted by molar-refractivity contribution is 6.30. The van der Waals surface area contributed by atoms with Crippen molar-refractivity contribution >= 4 is 28.9 Å². The second-order valence-electron chi connectivity index (χ2n) is 6.96. The Morgan fingerprint density at radius 2 is 1.92 bits per heavy atom. The van der Waals surface area contributed by atoms with Gasteiger partial charge in [-0.05, 0) is 35.9 Å². The van der Waals surface area contributed by atoms with Gasteiger partial charge in [0, 0.05) is 67.9 Å². The van der Waals surface area contributed by atoms with Crippen LogP contribution in [0, 0.1) is 0 Å². The van der Waals surface area contributed by atoms with Gasteiger partial charge in [0.1, 0.15) is 0 Å². The van der Waals surface area contributed by atoms with Crippen LogP contribution in [0.5, 0.6) is 0 Å². The van der Waals surface area contributed by atoms with Gasteiger partial charge in [0.25, 0.3) is 0 Å². The van der Waals surface area contributed by atoms with E-state index in [0.717, 1.165) is 43.1 Å². The number of carboxylic acid groups (broad SMARTS) is 1. The molecule has 1 unspecified atom stereocenters. The number of hydrogen-bond acceptors (Lipinski definition) is 5. The molecule has 1 aromatic heterocycles. The Bertz CT molecular complexity index is 808. The summed E-state index contributed by atoms with van der Waals surface area (Å²) >= 11 is 6.07. The third-order valence-corrected chi connectivity index (χ3v) is 5.47. The van der Waals surface area contributed by atoms with E-state index in [9.17, 15) is 9.90 Å². The standard InChI is InChI=1S/C19H21ClN4O2/c20-15-1-2-17-14(11-15)12-19(22-17,18(25)26)13-23-7-9-24(10-8-23)16-3-5-21-6-4-16/h1-6,11,22H,7-10,12-13H2,(H,25,26). The summed E-state index contributed by atoms with van der Waals surface area (Å²) < 4.78 is 0. The number of halogens is 1. The van der Waals surface area contributed by atoms with Crippen LogP contribution in [0.15, 0.2) is 42.7 Å². The number of pyridine rings is 1. The van der Waals surface area contributed by atoms with Crippen molar-refractivity contribution in [2.24, 2.45) is 0 Å². The highest BCUT2D eigenvalue weighted by atomic mass is 35.5. The number of fused-ring (bicyclic) bond motifs is 1. The van der Waals surface area contributed by atoms with Crippen molar-refractivity contribution in [2.45, 2.75) is 12.0 Å². The van der Waals surface area contributed by atoms with Crippen molar-refractivity contribution in [3.05, 3.63) is 53.3 Å². The first-order valence-corrected chi connectivity index (χ1v) is 9.11. The lowest BCUT2D eigenvalue weighted by Crippen LogP contribution is -2.57.